The zero-order valence-corrected chi connectivity index (χ0v) is 16.2. The molecule has 1 aromatic heterocycles. The first-order valence-electron chi connectivity index (χ1n) is 9.13. The van der Waals surface area contributed by atoms with Crippen molar-refractivity contribution in [2.45, 2.75) is 44.6 Å². The molecule has 2 aromatic rings. The van der Waals surface area contributed by atoms with E-state index >= 15 is 0 Å². The quantitative estimate of drug-likeness (QED) is 0.584. The van der Waals surface area contributed by atoms with Crippen molar-refractivity contribution < 1.29 is 35.9 Å². The number of rotatable bonds is 5. The van der Waals surface area contributed by atoms with E-state index in [1.807, 2.05) is 0 Å². The van der Waals surface area contributed by atoms with Crippen molar-refractivity contribution in [3.05, 3.63) is 34.5 Å². The Labute approximate surface area is 172 Å². The van der Waals surface area contributed by atoms with Crippen LogP contribution in [0.2, 0.25) is 5.02 Å². The Kier molecular flexibility index (Phi) is 6.64. The van der Waals surface area contributed by atoms with Crippen molar-refractivity contribution in [1.82, 2.24) is 10.3 Å². The number of hydrogen-bond acceptors (Lipinski definition) is 3. The van der Waals surface area contributed by atoms with Crippen LogP contribution < -0.4 is 10.1 Å². The Hall–Kier alpha value is -2.23. The molecule has 1 amide bonds. The van der Waals surface area contributed by atoms with E-state index in [0.29, 0.717) is 25.3 Å². The lowest BCUT2D eigenvalue weighted by molar-refractivity contribution is -0.136. The Bertz CT molecular complexity index is 937. The third-order valence-electron chi connectivity index (χ3n) is 4.87. The fraction of sp³-hybridized carbons (Fsp3) is 0.474. The fourth-order valence-corrected chi connectivity index (χ4v) is 3.75. The van der Waals surface area contributed by atoms with Gasteiger partial charge in [-0.15, -0.1) is 0 Å². The van der Waals surface area contributed by atoms with Crippen LogP contribution in [0.5, 0.6) is 5.75 Å². The second-order valence-electron chi connectivity index (χ2n) is 7.07. The van der Waals surface area contributed by atoms with Crippen molar-refractivity contribution in [2.24, 2.45) is 5.92 Å². The van der Waals surface area contributed by atoms with E-state index in [9.17, 15) is 31.1 Å². The van der Waals surface area contributed by atoms with Gasteiger partial charge in [0.25, 0.3) is 5.91 Å². The lowest BCUT2D eigenvalue weighted by atomic mass is 9.88. The standard InChI is InChI=1S/C19H17ClF6N2O2/c20-14-7-15(17(29)27-8-9-2-1-3-10(21)4-9)28-16-12(14)5-11(30-18(22)23)6-13(16)19(24,25)26/h5-7,9-10,18H,1-4,8H2,(H,27,29). The minimum Gasteiger partial charge on any atom is -0.435 e. The van der Waals surface area contributed by atoms with Crippen LogP contribution >= 0.6 is 11.6 Å². The maximum absolute atomic E-state index is 13.5. The predicted octanol–water partition coefficient (Wildman–Crippen LogP) is 5.77. The Balaban J connectivity index is 1.92. The monoisotopic (exact) mass is 454 g/mol. The van der Waals surface area contributed by atoms with Gasteiger partial charge in [0.1, 0.15) is 17.6 Å². The minimum atomic E-state index is -4.95. The number of nitrogens with zero attached hydrogens (tertiary/aromatic N) is 1. The molecular weight excluding hydrogens is 438 g/mol. The molecule has 1 heterocycles. The molecule has 30 heavy (non-hydrogen) atoms. The number of fused-ring (bicyclic) bond motifs is 1. The summed E-state index contributed by atoms with van der Waals surface area (Å²) in [4.78, 5) is 16.2. The van der Waals surface area contributed by atoms with Gasteiger partial charge in [0.05, 0.1) is 16.1 Å². The van der Waals surface area contributed by atoms with Crippen molar-refractivity contribution >= 4 is 28.4 Å². The summed E-state index contributed by atoms with van der Waals surface area (Å²) < 4.78 is 82.8. The van der Waals surface area contributed by atoms with Crippen LogP contribution in [0, 0.1) is 5.92 Å². The van der Waals surface area contributed by atoms with E-state index in [0.717, 1.165) is 18.6 Å². The van der Waals surface area contributed by atoms with Gasteiger partial charge in [0.2, 0.25) is 0 Å². The second kappa shape index (κ2) is 8.87. The summed E-state index contributed by atoms with van der Waals surface area (Å²) in [7, 11) is 0. The molecule has 1 N–H and O–H groups in total. The number of aromatic nitrogens is 1. The van der Waals surface area contributed by atoms with E-state index in [1.165, 1.54) is 0 Å². The first kappa shape index (κ1) is 22.5. The molecule has 0 bridgehead atoms. The van der Waals surface area contributed by atoms with Crippen LogP contribution in [0.15, 0.2) is 18.2 Å². The highest BCUT2D eigenvalue weighted by Crippen LogP contribution is 2.39. The lowest BCUT2D eigenvalue weighted by Gasteiger charge is -2.24. The van der Waals surface area contributed by atoms with Gasteiger partial charge < -0.3 is 10.1 Å². The lowest BCUT2D eigenvalue weighted by Crippen LogP contribution is -2.32. The largest absolute Gasteiger partial charge is 0.435 e. The Morgan fingerprint density at radius 3 is 2.63 bits per heavy atom. The molecule has 0 aliphatic heterocycles. The first-order chi connectivity index (χ1) is 14.0. The average Bonchev–Trinajstić information content (AvgIpc) is 2.64. The number of benzene rings is 1. The van der Waals surface area contributed by atoms with Gasteiger partial charge in [0, 0.05) is 11.9 Å². The Morgan fingerprint density at radius 2 is 2.00 bits per heavy atom. The van der Waals surface area contributed by atoms with Gasteiger partial charge in [-0.2, -0.15) is 22.0 Å². The molecule has 1 aliphatic carbocycles. The van der Waals surface area contributed by atoms with Gasteiger partial charge in [-0.25, -0.2) is 9.37 Å². The van der Waals surface area contributed by atoms with Gasteiger partial charge in [-0.3, -0.25) is 4.79 Å². The molecular formula is C19H17ClF6N2O2. The van der Waals surface area contributed by atoms with Crippen molar-refractivity contribution in [2.75, 3.05) is 6.54 Å². The minimum absolute atomic E-state index is 0.0755. The smallest absolute Gasteiger partial charge is 0.418 e. The number of ether oxygens (including phenoxy) is 1. The number of hydrogen-bond donors (Lipinski definition) is 1. The number of amides is 1. The summed E-state index contributed by atoms with van der Waals surface area (Å²) in [6, 6.07) is 2.32. The molecule has 4 nitrogen and oxygen atoms in total. The zero-order chi connectivity index (χ0) is 22.1. The summed E-state index contributed by atoms with van der Waals surface area (Å²) in [5, 5.41) is 1.98. The third kappa shape index (κ3) is 5.27. The van der Waals surface area contributed by atoms with E-state index in [1.54, 1.807) is 0 Å². The molecule has 0 radical (unpaired) electrons. The van der Waals surface area contributed by atoms with Crippen LogP contribution in [0.25, 0.3) is 10.9 Å². The molecule has 11 heteroatoms. The zero-order valence-electron chi connectivity index (χ0n) is 15.4. The van der Waals surface area contributed by atoms with E-state index in [4.69, 9.17) is 11.6 Å². The first-order valence-corrected chi connectivity index (χ1v) is 9.51. The molecule has 0 saturated heterocycles. The highest BCUT2D eigenvalue weighted by molar-refractivity contribution is 6.35. The van der Waals surface area contributed by atoms with Crippen LogP contribution in [-0.4, -0.2) is 30.2 Å². The molecule has 3 rings (SSSR count). The molecule has 1 saturated carbocycles. The molecule has 164 valence electrons. The van der Waals surface area contributed by atoms with Crippen LogP contribution in [-0.2, 0) is 6.18 Å². The second-order valence-corrected chi connectivity index (χ2v) is 7.48. The molecule has 2 unspecified atom stereocenters. The maximum Gasteiger partial charge on any atom is 0.418 e. The van der Waals surface area contributed by atoms with E-state index < -0.39 is 41.7 Å². The number of carbonyl (C=O) groups is 1. The average molecular weight is 455 g/mol. The summed E-state index contributed by atoms with van der Waals surface area (Å²) in [5.41, 5.74) is -2.39. The van der Waals surface area contributed by atoms with Crippen molar-refractivity contribution in [3.63, 3.8) is 0 Å². The topological polar surface area (TPSA) is 51.2 Å². The number of halogens is 7. The van der Waals surface area contributed by atoms with Crippen LogP contribution in [0.1, 0.15) is 41.7 Å². The summed E-state index contributed by atoms with van der Waals surface area (Å²) in [6.45, 7) is -3.17. The highest BCUT2D eigenvalue weighted by atomic mass is 35.5. The molecule has 1 fully saturated rings. The SMILES string of the molecule is O=C(NCC1CCCC(F)C1)c1cc(Cl)c2cc(OC(F)F)cc(C(F)(F)F)c2n1. The van der Waals surface area contributed by atoms with Crippen LogP contribution in [0.4, 0.5) is 26.3 Å². The van der Waals surface area contributed by atoms with Crippen molar-refractivity contribution in [3.8, 4) is 5.75 Å². The molecule has 1 aliphatic rings. The number of alkyl halides is 6. The van der Waals surface area contributed by atoms with E-state index in [2.05, 4.69) is 15.0 Å². The number of nitrogens with one attached hydrogen (secondary N) is 1. The third-order valence-corrected chi connectivity index (χ3v) is 5.18. The summed E-state index contributed by atoms with van der Waals surface area (Å²) in [6.07, 6.45) is -3.69. The van der Waals surface area contributed by atoms with Gasteiger partial charge in [0.15, 0.2) is 0 Å². The van der Waals surface area contributed by atoms with Crippen LogP contribution in [0.3, 0.4) is 0 Å². The fourth-order valence-electron chi connectivity index (χ4n) is 3.50. The predicted molar refractivity (Wildman–Crippen MR) is 97.6 cm³/mol. The molecule has 0 spiro atoms. The molecule has 1 aromatic carbocycles. The number of pyridine rings is 1. The summed E-state index contributed by atoms with van der Waals surface area (Å²) in [5.74, 6) is -1.57. The highest BCUT2D eigenvalue weighted by Gasteiger charge is 2.35. The molecule has 2 atom stereocenters. The van der Waals surface area contributed by atoms with Crippen molar-refractivity contribution in [1.29, 1.82) is 0 Å². The van der Waals surface area contributed by atoms with E-state index in [-0.39, 0.29) is 28.6 Å². The van der Waals surface area contributed by atoms with Gasteiger partial charge in [-0.05, 0) is 43.4 Å². The van der Waals surface area contributed by atoms with Gasteiger partial charge >= 0.3 is 12.8 Å². The number of carbonyl (C=O) groups excluding carboxylic acids is 1. The Morgan fingerprint density at radius 1 is 1.27 bits per heavy atom. The normalized spacial score (nSPS) is 19.9. The maximum atomic E-state index is 13.5. The summed E-state index contributed by atoms with van der Waals surface area (Å²) >= 11 is 6.02. The van der Waals surface area contributed by atoms with Gasteiger partial charge in [-0.1, -0.05) is 18.0 Å².